The smallest absolute Gasteiger partial charge is 0.171 e. The molecular weight excluding hydrogens is 486 g/mol. The van der Waals surface area contributed by atoms with Gasteiger partial charge in [0.05, 0.1) is 12.4 Å². The topological polar surface area (TPSA) is 57.9 Å². The van der Waals surface area contributed by atoms with Gasteiger partial charge in [-0.05, 0) is 66.6 Å². The van der Waals surface area contributed by atoms with E-state index in [1.807, 2.05) is 104 Å². The van der Waals surface area contributed by atoms with Crippen LogP contribution in [0.5, 0.6) is 17.2 Å². The molecule has 1 aliphatic heterocycles. The second-order valence-corrected chi connectivity index (χ2v) is 9.87. The summed E-state index contributed by atoms with van der Waals surface area (Å²) >= 11 is 0. The number of hydrogen-bond donors (Lipinski definition) is 0. The number of para-hydroxylation sites is 1. The molecule has 39 heavy (non-hydrogen) atoms. The molecule has 0 saturated carbocycles. The van der Waals surface area contributed by atoms with E-state index in [4.69, 9.17) is 14.3 Å². The first kappa shape index (κ1) is 24.5. The highest BCUT2D eigenvalue weighted by molar-refractivity contribution is 6.03. The van der Waals surface area contributed by atoms with Crippen molar-refractivity contribution >= 4 is 5.71 Å². The SMILES string of the molecule is CC1(COc2ccc(-c3ccccc3)cc2)CC(n2ccnc2)C(c2ccc(Oc3ccccc3)cc2)=NO1. The maximum Gasteiger partial charge on any atom is 0.171 e. The molecule has 1 aromatic heterocycles. The molecule has 0 spiro atoms. The predicted octanol–water partition coefficient (Wildman–Crippen LogP) is 7.55. The van der Waals surface area contributed by atoms with E-state index in [9.17, 15) is 0 Å². The van der Waals surface area contributed by atoms with Gasteiger partial charge in [-0.3, -0.25) is 0 Å². The van der Waals surface area contributed by atoms with Crippen molar-refractivity contribution in [1.82, 2.24) is 9.55 Å². The molecule has 0 saturated heterocycles. The molecule has 1 aliphatic rings. The molecule has 6 heteroatoms. The van der Waals surface area contributed by atoms with Crippen molar-refractivity contribution < 1.29 is 14.3 Å². The predicted molar refractivity (Wildman–Crippen MR) is 152 cm³/mol. The van der Waals surface area contributed by atoms with Crippen LogP contribution in [0.25, 0.3) is 11.1 Å². The van der Waals surface area contributed by atoms with Crippen molar-refractivity contribution in [3.8, 4) is 28.4 Å². The minimum Gasteiger partial charge on any atom is -0.489 e. The van der Waals surface area contributed by atoms with Gasteiger partial charge in [0.15, 0.2) is 5.60 Å². The van der Waals surface area contributed by atoms with Crippen LogP contribution in [0, 0.1) is 0 Å². The maximum atomic E-state index is 6.18. The molecule has 194 valence electrons. The number of nitrogens with zero attached hydrogens (tertiary/aromatic N) is 3. The highest BCUT2D eigenvalue weighted by Crippen LogP contribution is 2.35. The largest absolute Gasteiger partial charge is 0.489 e. The number of oxime groups is 1. The molecule has 0 amide bonds. The Kier molecular flexibility index (Phi) is 6.83. The van der Waals surface area contributed by atoms with E-state index in [0.29, 0.717) is 13.0 Å². The molecule has 4 aromatic carbocycles. The first-order valence-electron chi connectivity index (χ1n) is 13.0. The van der Waals surface area contributed by atoms with Gasteiger partial charge in [0, 0.05) is 24.4 Å². The van der Waals surface area contributed by atoms with Crippen LogP contribution in [0.2, 0.25) is 0 Å². The van der Waals surface area contributed by atoms with Gasteiger partial charge in [-0.2, -0.15) is 0 Å². The van der Waals surface area contributed by atoms with E-state index in [1.165, 1.54) is 5.56 Å². The molecule has 6 rings (SSSR count). The lowest BCUT2D eigenvalue weighted by Crippen LogP contribution is -2.42. The van der Waals surface area contributed by atoms with Crippen molar-refractivity contribution in [3.63, 3.8) is 0 Å². The monoisotopic (exact) mass is 515 g/mol. The lowest BCUT2D eigenvalue weighted by molar-refractivity contribution is -0.0781. The van der Waals surface area contributed by atoms with Gasteiger partial charge in [-0.25, -0.2) is 4.98 Å². The lowest BCUT2D eigenvalue weighted by Gasteiger charge is -2.36. The average molecular weight is 516 g/mol. The Morgan fingerprint density at radius 1 is 0.769 bits per heavy atom. The number of imidazole rings is 1. The van der Waals surface area contributed by atoms with Crippen LogP contribution in [0.4, 0.5) is 0 Å². The van der Waals surface area contributed by atoms with Crippen LogP contribution in [0.3, 0.4) is 0 Å². The van der Waals surface area contributed by atoms with Gasteiger partial charge in [0.2, 0.25) is 0 Å². The van der Waals surface area contributed by atoms with Crippen LogP contribution in [-0.2, 0) is 4.84 Å². The zero-order chi connectivity index (χ0) is 26.5. The van der Waals surface area contributed by atoms with E-state index in [0.717, 1.165) is 34.1 Å². The van der Waals surface area contributed by atoms with Crippen molar-refractivity contribution in [2.75, 3.05) is 6.61 Å². The summed E-state index contributed by atoms with van der Waals surface area (Å²) in [4.78, 5) is 10.4. The van der Waals surface area contributed by atoms with E-state index < -0.39 is 5.60 Å². The molecule has 2 heterocycles. The minimum atomic E-state index is -0.618. The Balaban J connectivity index is 1.17. The van der Waals surface area contributed by atoms with Crippen LogP contribution < -0.4 is 9.47 Å². The summed E-state index contributed by atoms with van der Waals surface area (Å²) in [5.41, 5.74) is 3.51. The summed E-state index contributed by atoms with van der Waals surface area (Å²) in [6, 6.07) is 36.0. The summed E-state index contributed by atoms with van der Waals surface area (Å²) in [5.74, 6) is 2.35. The Labute approximate surface area is 228 Å². The molecule has 6 nitrogen and oxygen atoms in total. The number of hydrogen-bond acceptors (Lipinski definition) is 5. The van der Waals surface area contributed by atoms with E-state index in [1.54, 1.807) is 6.20 Å². The van der Waals surface area contributed by atoms with E-state index in [2.05, 4.69) is 39.0 Å². The van der Waals surface area contributed by atoms with Gasteiger partial charge in [-0.15, -0.1) is 0 Å². The molecule has 0 N–H and O–H groups in total. The van der Waals surface area contributed by atoms with Crippen molar-refractivity contribution in [2.45, 2.75) is 25.0 Å². The average Bonchev–Trinajstić information content (AvgIpc) is 3.53. The molecule has 0 fully saturated rings. The minimum absolute atomic E-state index is 0.0591. The summed E-state index contributed by atoms with van der Waals surface area (Å²) in [7, 11) is 0. The second-order valence-electron chi connectivity index (χ2n) is 9.87. The number of ether oxygens (including phenoxy) is 2. The molecular formula is C33H29N3O3. The van der Waals surface area contributed by atoms with Gasteiger partial charge in [-0.1, -0.05) is 65.8 Å². The molecule has 0 aliphatic carbocycles. The third-order valence-electron chi connectivity index (χ3n) is 6.82. The standard InChI is InChI=1S/C33H29N3O3/c1-33(23-37-28-16-12-26(13-17-28)25-8-4-2-5-9-25)22-31(36-21-20-34-24-36)32(35-39-33)27-14-18-30(19-15-27)38-29-10-6-3-7-11-29/h2-21,24,31H,22-23H2,1H3. The molecule has 0 bridgehead atoms. The highest BCUT2D eigenvalue weighted by Gasteiger charge is 2.39. The fraction of sp³-hybridized carbons (Fsp3) is 0.152. The second kappa shape index (κ2) is 10.9. The molecule has 2 atom stereocenters. The fourth-order valence-corrected chi connectivity index (χ4v) is 4.72. The number of benzene rings is 4. The van der Waals surface area contributed by atoms with Gasteiger partial charge < -0.3 is 18.9 Å². The molecule has 5 aromatic rings. The summed E-state index contributed by atoms with van der Waals surface area (Å²) in [6.07, 6.45) is 6.24. The van der Waals surface area contributed by atoms with Gasteiger partial charge >= 0.3 is 0 Å². The van der Waals surface area contributed by atoms with Gasteiger partial charge in [0.25, 0.3) is 0 Å². The third kappa shape index (κ3) is 5.70. The Bertz CT molecular complexity index is 1520. The quantitative estimate of drug-likeness (QED) is 0.214. The van der Waals surface area contributed by atoms with Crippen LogP contribution in [-0.4, -0.2) is 27.5 Å². The van der Waals surface area contributed by atoms with E-state index in [-0.39, 0.29) is 6.04 Å². The van der Waals surface area contributed by atoms with Crippen molar-refractivity contribution in [3.05, 3.63) is 133 Å². The lowest BCUT2D eigenvalue weighted by atomic mass is 9.90. The van der Waals surface area contributed by atoms with Crippen molar-refractivity contribution in [2.24, 2.45) is 5.16 Å². The summed E-state index contributed by atoms with van der Waals surface area (Å²) < 4.78 is 14.2. The molecule has 2 unspecified atom stereocenters. The first-order chi connectivity index (χ1) is 19.2. The zero-order valence-corrected chi connectivity index (χ0v) is 21.7. The third-order valence-corrected chi connectivity index (χ3v) is 6.82. The van der Waals surface area contributed by atoms with E-state index >= 15 is 0 Å². The Hall–Kier alpha value is -4.84. The number of rotatable bonds is 8. The maximum absolute atomic E-state index is 6.18. The van der Waals surface area contributed by atoms with Crippen LogP contribution >= 0.6 is 0 Å². The van der Waals surface area contributed by atoms with Crippen LogP contribution in [0.1, 0.15) is 24.9 Å². The fourth-order valence-electron chi connectivity index (χ4n) is 4.72. The Morgan fingerprint density at radius 3 is 2.08 bits per heavy atom. The Morgan fingerprint density at radius 2 is 1.38 bits per heavy atom. The van der Waals surface area contributed by atoms with Crippen molar-refractivity contribution in [1.29, 1.82) is 0 Å². The normalized spacial score (nSPS) is 18.6. The summed E-state index contributed by atoms with van der Waals surface area (Å²) in [6.45, 7) is 2.40. The zero-order valence-electron chi connectivity index (χ0n) is 21.7. The van der Waals surface area contributed by atoms with Gasteiger partial charge in [0.1, 0.15) is 29.6 Å². The first-order valence-corrected chi connectivity index (χ1v) is 13.0. The highest BCUT2D eigenvalue weighted by atomic mass is 16.7. The summed E-state index contributed by atoms with van der Waals surface area (Å²) in [5, 5.41) is 4.62. The molecule has 0 radical (unpaired) electrons. The van der Waals surface area contributed by atoms with Crippen LogP contribution in [0.15, 0.2) is 133 Å². The number of aromatic nitrogens is 2.